The molecule has 0 aliphatic rings. The third kappa shape index (κ3) is 4.84. The number of hydrogen-bond donors (Lipinski definition) is 1. The number of rotatable bonds is 6. The minimum absolute atomic E-state index is 0. The van der Waals surface area contributed by atoms with Crippen LogP contribution < -0.4 is 5.73 Å². The number of amides is 1. The van der Waals surface area contributed by atoms with Crippen LogP contribution in [0.1, 0.15) is 21.5 Å². The molecule has 0 bridgehead atoms. The van der Waals surface area contributed by atoms with Crippen LogP contribution in [0.5, 0.6) is 0 Å². The topological polar surface area (TPSA) is 46.3 Å². The molecule has 0 spiro atoms. The molecule has 0 radical (unpaired) electrons. The van der Waals surface area contributed by atoms with E-state index >= 15 is 0 Å². The first-order valence-electron chi connectivity index (χ1n) is 6.78. The van der Waals surface area contributed by atoms with Crippen molar-refractivity contribution >= 4 is 29.7 Å². The van der Waals surface area contributed by atoms with Crippen molar-refractivity contribution in [2.75, 3.05) is 19.6 Å². The van der Waals surface area contributed by atoms with Gasteiger partial charge in [0.2, 0.25) is 0 Å². The van der Waals surface area contributed by atoms with Crippen molar-refractivity contribution in [1.29, 1.82) is 0 Å². The predicted octanol–water partition coefficient (Wildman–Crippen LogP) is 3.12. The molecule has 0 unspecified atom stereocenters. The number of hydrogen-bond acceptors (Lipinski definition) is 3. The van der Waals surface area contributed by atoms with E-state index in [4.69, 9.17) is 5.73 Å². The second-order valence-electron chi connectivity index (χ2n) is 4.78. The fourth-order valence-corrected chi connectivity index (χ4v) is 2.95. The lowest BCUT2D eigenvalue weighted by atomic mass is 10.1. The number of benzene rings is 1. The summed E-state index contributed by atoms with van der Waals surface area (Å²) in [5.41, 5.74) is 8.72. The van der Waals surface area contributed by atoms with E-state index < -0.39 is 0 Å². The molecule has 0 saturated heterocycles. The van der Waals surface area contributed by atoms with Gasteiger partial charge in [-0.15, -0.1) is 12.4 Å². The molecule has 1 amide bonds. The SMILES string of the molecule is Cc1cscc1C(=O)N(CCN)CCc1ccccc1.Cl. The summed E-state index contributed by atoms with van der Waals surface area (Å²) in [4.78, 5) is 14.4. The molecule has 3 nitrogen and oxygen atoms in total. The quantitative estimate of drug-likeness (QED) is 0.887. The fraction of sp³-hybridized carbons (Fsp3) is 0.312. The highest BCUT2D eigenvalue weighted by Gasteiger charge is 2.17. The highest BCUT2D eigenvalue weighted by Crippen LogP contribution is 2.16. The minimum atomic E-state index is 0. The van der Waals surface area contributed by atoms with E-state index in [9.17, 15) is 4.79 Å². The lowest BCUT2D eigenvalue weighted by Gasteiger charge is -2.22. The molecular formula is C16H21ClN2OS. The molecule has 1 heterocycles. The average molecular weight is 325 g/mol. The standard InChI is InChI=1S/C16H20N2OS.ClH/c1-13-11-20-12-15(13)16(19)18(10-8-17)9-7-14-5-3-2-4-6-14;/h2-6,11-12H,7-10,17H2,1H3;1H. The second-order valence-corrected chi connectivity index (χ2v) is 5.53. The first-order chi connectivity index (χ1) is 9.72. The van der Waals surface area contributed by atoms with Crippen molar-refractivity contribution in [2.24, 2.45) is 5.73 Å². The molecular weight excluding hydrogens is 304 g/mol. The summed E-state index contributed by atoms with van der Waals surface area (Å²) in [5.74, 6) is 0.0881. The van der Waals surface area contributed by atoms with Crippen molar-refractivity contribution in [3.05, 3.63) is 57.8 Å². The highest BCUT2D eigenvalue weighted by atomic mass is 35.5. The van der Waals surface area contributed by atoms with Gasteiger partial charge in [0.25, 0.3) is 5.91 Å². The fourth-order valence-electron chi connectivity index (χ4n) is 2.13. The summed E-state index contributed by atoms with van der Waals surface area (Å²) < 4.78 is 0. The summed E-state index contributed by atoms with van der Waals surface area (Å²) in [6.45, 7) is 3.77. The van der Waals surface area contributed by atoms with Gasteiger partial charge in [-0.2, -0.15) is 11.3 Å². The average Bonchev–Trinajstić information content (AvgIpc) is 2.90. The zero-order chi connectivity index (χ0) is 14.4. The Labute approximate surface area is 136 Å². The molecule has 0 aliphatic carbocycles. The lowest BCUT2D eigenvalue weighted by molar-refractivity contribution is 0.0762. The number of halogens is 1. The van der Waals surface area contributed by atoms with Gasteiger partial charge in [0.1, 0.15) is 0 Å². The molecule has 2 aromatic rings. The molecule has 0 atom stereocenters. The normalized spacial score (nSPS) is 10.0. The van der Waals surface area contributed by atoms with Crippen molar-refractivity contribution in [2.45, 2.75) is 13.3 Å². The van der Waals surface area contributed by atoms with Crippen molar-refractivity contribution in [3.8, 4) is 0 Å². The number of nitrogens with zero attached hydrogens (tertiary/aromatic N) is 1. The van der Waals surface area contributed by atoms with E-state index in [0.29, 0.717) is 19.6 Å². The summed E-state index contributed by atoms with van der Waals surface area (Å²) in [5, 5.41) is 3.93. The van der Waals surface area contributed by atoms with Gasteiger partial charge in [0.05, 0.1) is 5.56 Å². The number of nitrogens with two attached hydrogens (primary N) is 1. The Morgan fingerprint density at radius 2 is 1.90 bits per heavy atom. The first kappa shape index (κ1) is 17.7. The third-order valence-electron chi connectivity index (χ3n) is 3.29. The number of aryl methyl sites for hydroxylation is 1. The van der Waals surface area contributed by atoms with Gasteiger partial charge in [-0.3, -0.25) is 4.79 Å². The summed E-state index contributed by atoms with van der Waals surface area (Å²) in [7, 11) is 0. The molecule has 21 heavy (non-hydrogen) atoms. The van der Waals surface area contributed by atoms with E-state index in [0.717, 1.165) is 17.5 Å². The minimum Gasteiger partial charge on any atom is -0.337 e. The van der Waals surface area contributed by atoms with Crippen molar-refractivity contribution in [1.82, 2.24) is 4.90 Å². The van der Waals surface area contributed by atoms with Crippen LogP contribution in [0.3, 0.4) is 0 Å². The molecule has 1 aromatic carbocycles. The van der Waals surface area contributed by atoms with Gasteiger partial charge in [-0.25, -0.2) is 0 Å². The summed E-state index contributed by atoms with van der Waals surface area (Å²) in [6.07, 6.45) is 0.857. The zero-order valence-corrected chi connectivity index (χ0v) is 13.8. The number of carbonyl (C=O) groups is 1. The molecule has 0 aliphatic heterocycles. The molecule has 2 rings (SSSR count). The molecule has 1 aromatic heterocycles. The Morgan fingerprint density at radius 1 is 1.19 bits per heavy atom. The lowest BCUT2D eigenvalue weighted by Crippen LogP contribution is -2.37. The van der Waals surface area contributed by atoms with Gasteiger partial charge in [-0.05, 0) is 29.9 Å². The van der Waals surface area contributed by atoms with Gasteiger partial charge < -0.3 is 10.6 Å². The Morgan fingerprint density at radius 3 is 2.48 bits per heavy atom. The number of thiophene rings is 1. The van der Waals surface area contributed by atoms with Crippen LogP contribution >= 0.6 is 23.7 Å². The molecule has 5 heteroatoms. The van der Waals surface area contributed by atoms with E-state index in [-0.39, 0.29) is 18.3 Å². The highest BCUT2D eigenvalue weighted by molar-refractivity contribution is 7.08. The molecule has 0 fully saturated rings. The monoisotopic (exact) mass is 324 g/mol. The van der Waals surface area contributed by atoms with Crippen LogP contribution in [-0.2, 0) is 6.42 Å². The molecule has 2 N–H and O–H groups in total. The van der Waals surface area contributed by atoms with Crippen LogP contribution in [0, 0.1) is 6.92 Å². The van der Waals surface area contributed by atoms with Crippen LogP contribution in [-0.4, -0.2) is 30.4 Å². The third-order valence-corrected chi connectivity index (χ3v) is 4.15. The van der Waals surface area contributed by atoms with Crippen LogP contribution in [0.25, 0.3) is 0 Å². The maximum absolute atomic E-state index is 12.5. The summed E-state index contributed by atoms with van der Waals surface area (Å²) >= 11 is 1.57. The van der Waals surface area contributed by atoms with Crippen molar-refractivity contribution < 1.29 is 4.79 Å². The smallest absolute Gasteiger partial charge is 0.255 e. The van der Waals surface area contributed by atoms with Gasteiger partial charge in [0, 0.05) is 25.0 Å². The Hall–Kier alpha value is -1.36. The van der Waals surface area contributed by atoms with E-state index in [2.05, 4.69) is 12.1 Å². The molecule has 0 saturated carbocycles. The van der Waals surface area contributed by atoms with Crippen molar-refractivity contribution in [3.63, 3.8) is 0 Å². The zero-order valence-electron chi connectivity index (χ0n) is 12.1. The van der Waals surface area contributed by atoms with Gasteiger partial charge >= 0.3 is 0 Å². The molecule has 114 valence electrons. The van der Waals surface area contributed by atoms with Gasteiger partial charge in [-0.1, -0.05) is 30.3 Å². The first-order valence-corrected chi connectivity index (χ1v) is 7.72. The Balaban J connectivity index is 0.00000220. The largest absolute Gasteiger partial charge is 0.337 e. The van der Waals surface area contributed by atoms with E-state index in [1.54, 1.807) is 11.3 Å². The van der Waals surface area contributed by atoms with Crippen LogP contribution in [0.15, 0.2) is 41.1 Å². The Bertz CT molecular complexity index is 556. The predicted molar refractivity (Wildman–Crippen MR) is 91.4 cm³/mol. The van der Waals surface area contributed by atoms with Crippen LogP contribution in [0.4, 0.5) is 0 Å². The Kier molecular flexibility index (Phi) is 7.43. The van der Waals surface area contributed by atoms with E-state index in [1.807, 2.05) is 40.8 Å². The number of carbonyl (C=O) groups excluding carboxylic acids is 1. The second kappa shape index (κ2) is 8.82. The van der Waals surface area contributed by atoms with Crippen LogP contribution in [0.2, 0.25) is 0 Å². The van der Waals surface area contributed by atoms with Gasteiger partial charge in [0.15, 0.2) is 0 Å². The maximum Gasteiger partial charge on any atom is 0.255 e. The maximum atomic E-state index is 12.5. The van der Waals surface area contributed by atoms with E-state index in [1.165, 1.54) is 5.56 Å². The summed E-state index contributed by atoms with van der Waals surface area (Å²) in [6, 6.07) is 10.2.